The summed E-state index contributed by atoms with van der Waals surface area (Å²) in [5.41, 5.74) is 0. The van der Waals surface area contributed by atoms with Crippen molar-refractivity contribution in [2.45, 2.75) is 13.5 Å². The molecule has 1 heterocycles. The molecule has 0 aliphatic heterocycles. The topological polar surface area (TPSA) is 75.5 Å². The summed E-state index contributed by atoms with van der Waals surface area (Å²) in [6, 6.07) is 3.95. The van der Waals surface area contributed by atoms with Gasteiger partial charge in [0.25, 0.3) is 0 Å². The predicted molar refractivity (Wildman–Crippen MR) is 78.1 cm³/mol. The molecule has 0 aliphatic carbocycles. The first-order valence-corrected chi connectivity index (χ1v) is 8.15. The largest absolute Gasteiger partial charge is 0.355 e. The molecule has 0 saturated heterocycles. The molecule has 0 fully saturated rings. The van der Waals surface area contributed by atoms with Gasteiger partial charge in [-0.25, -0.2) is 8.42 Å². The molecule has 1 aromatic heterocycles. The molecule has 0 aromatic carbocycles. The molecule has 19 heavy (non-hydrogen) atoms. The Kier molecular flexibility index (Phi) is 6.41. The average Bonchev–Trinajstić information content (AvgIpc) is 2.90. The molecule has 0 aliphatic rings. The molecule has 1 rings (SSSR count). The Hall–Kier alpha value is -1.50. The highest BCUT2D eigenvalue weighted by Gasteiger charge is 2.07. The van der Waals surface area contributed by atoms with Gasteiger partial charge in [0.1, 0.15) is 0 Å². The van der Waals surface area contributed by atoms with Gasteiger partial charge in [-0.1, -0.05) is 6.92 Å². The first kappa shape index (κ1) is 15.6. The third-order valence-corrected chi connectivity index (χ3v) is 4.40. The van der Waals surface area contributed by atoms with Gasteiger partial charge >= 0.3 is 0 Å². The Balaban J connectivity index is 2.23. The predicted octanol–water partition coefficient (Wildman–Crippen LogP) is 0.0878. The summed E-state index contributed by atoms with van der Waals surface area (Å²) in [5.74, 6) is 0.925. The molecule has 2 N–H and O–H groups in total. The molecule has 108 valence electrons. The van der Waals surface area contributed by atoms with Gasteiger partial charge in [0.15, 0.2) is 15.8 Å². The van der Waals surface area contributed by atoms with Gasteiger partial charge in [-0.3, -0.25) is 4.99 Å². The first-order chi connectivity index (χ1) is 9.07. The van der Waals surface area contributed by atoms with Crippen LogP contribution >= 0.6 is 0 Å². The lowest BCUT2D eigenvalue weighted by Gasteiger charge is -2.12. The van der Waals surface area contributed by atoms with Gasteiger partial charge in [0, 0.05) is 44.8 Å². The standard InChI is InChI=1S/C12H22N4O2S/c1-3-19(17,18)11-7-15-12(13-2)14-6-10-16-8-4-5-9-16/h4-5,8-9H,3,6-7,10-11H2,1-2H3,(H2,13,14,15). The lowest BCUT2D eigenvalue weighted by Crippen LogP contribution is -2.40. The minimum atomic E-state index is -2.93. The molecule has 0 unspecified atom stereocenters. The third kappa shape index (κ3) is 6.28. The van der Waals surface area contributed by atoms with Crippen molar-refractivity contribution in [1.29, 1.82) is 0 Å². The zero-order chi connectivity index (χ0) is 14.1. The van der Waals surface area contributed by atoms with E-state index in [9.17, 15) is 8.42 Å². The maximum absolute atomic E-state index is 11.3. The first-order valence-electron chi connectivity index (χ1n) is 6.33. The summed E-state index contributed by atoms with van der Waals surface area (Å²) in [5, 5.41) is 6.13. The van der Waals surface area contributed by atoms with Crippen molar-refractivity contribution in [2.24, 2.45) is 4.99 Å². The van der Waals surface area contributed by atoms with Crippen LogP contribution in [0.2, 0.25) is 0 Å². The second-order valence-electron chi connectivity index (χ2n) is 4.08. The number of sulfone groups is 1. The lowest BCUT2D eigenvalue weighted by molar-refractivity contribution is 0.595. The van der Waals surface area contributed by atoms with E-state index >= 15 is 0 Å². The zero-order valence-corrected chi connectivity index (χ0v) is 12.3. The van der Waals surface area contributed by atoms with Crippen LogP contribution in [0.4, 0.5) is 0 Å². The minimum Gasteiger partial charge on any atom is -0.355 e. The normalized spacial score (nSPS) is 12.4. The number of aromatic nitrogens is 1. The van der Waals surface area contributed by atoms with Gasteiger partial charge in [0.05, 0.1) is 5.75 Å². The van der Waals surface area contributed by atoms with Crippen LogP contribution in [-0.4, -0.2) is 50.6 Å². The van der Waals surface area contributed by atoms with E-state index in [1.807, 2.05) is 24.5 Å². The number of hydrogen-bond acceptors (Lipinski definition) is 3. The van der Waals surface area contributed by atoms with Crippen molar-refractivity contribution in [3.63, 3.8) is 0 Å². The van der Waals surface area contributed by atoms with Crippen LogP contribution < -0.4 is 10.6 Å². The highest BCUT2D eigenvalue weighted by molar-refractivity contribution is 7.91. The second kappa shape index (κ2) is 7.83. The van der Waals surface area contributed by atoms with Crippen LogP contribution in [-0.2, 0) is 16.4 Å². The summed E-state index contributed by atoms with van der Waals surface area (Å²) >= 11 is 0. The van der Waals surface area contributed by atoms with Crippen molar-refractivity contribution in [3.8, 4) is 0 Å². The van der Waals surface area contributed by atoms with Crippen LogP contribution in [0.3, 0.4) is 0 Å². The van der Waals surface area contributed by atoms with E-state index < -0.39 is 9.84 Å². The number of rotatable bonds is 7. The number of aliphatic imine (C=N–C) groups is 1. The highest BCUT2D eigenvalue weighted by atomic mass is 32.2. The van der Waals surface area contributed by atoms with Crippen molar-refractivity contribution in [3.05, 3.63) is 24.5 Å². The molecule has 0 atom stereocenters. The van der Waals surface area contributed by atoms with E-state index in [-0.39, 0.29) is 11.5 Å². The Morgan fingerprint density at radius 2 is 1.84 bits per heavy atom. The molecule has 0 saturated carbocycles. The van der Waals surface area contributed by atoms with Gasteiger partial charge in [-0.05, 0) is 12.1 Å². The van der Waals surface area contributed by atoms with Crippen molar-refractivity contribution in [1.82, 2.24) is 15.2 Å². The number of nitrogens with one attached hydrogen (secondary N) is 2. The summed E-state index contributed by atoms with van der Waals surface area (Å²) in [6.07, 6.45) is 3.98. The lowest BCUT2D eigenvalue weighted by atomic mass is 10.6. The third-order valence-electron chi connectivity index (χ3n) is 2.70. The molecule has 0 bridgehead atoms. The van der Waals surface area contributed by atoms with Gasteiger partial charge in [0.2, 0.25) is 0 Å². The second-order valence-corrected chi connectivity index (χ2v) is 6.56. The number of hydrogen-bond donors (Lipinski definition) is 2. The summed E-state index contributed by atoms with van der Waals surface area (Å²) in [6.45, 7) is 3.59. The minimum absolute atomic E-state index is 0.127. The van der Waals surface area contributed by atoms with E-state index in [1.165, 1.54) is 0 Å². The Morgan fingerprint density at radius 1 is 1.21 bits per heavy atom. The fourth-order valence-corrected chi connectivity index (χ4v) is 2.21. The van der Waals surface area contributed by atoms with Gasteiger partial charge < -0.3 is 15.2 Å². The smallest absolute Gasteiger partial charge is 0.191 e. The summed E-state index contributed by atoms with van der Waals surface area (Å²) in [7, 11) is -1.26. The Bertz CT molecular complexity index is 480. The molecular formula is C12H22N4O2S. The van der Waals surface area contributed by atoms with Crippen LogP contribution in [0.25, 0.3) is 0 Å². The maximum Gasteiger partial charge on any atom is 0.191 e. The van der Waals surface area contributed by atoms with Gasteiger partial charge in [-0.2, -0.15) is 0 Å². The van der Waals surface area contributed by atoms with Crippen molar-refractivity contribution in [2.75, 3.05) is 31.6 Å². The van der Waals surface area contributed by atoms with E-state index in [0.29, 0.717) is 12.5 Å². The van der Waals surface area contributed by atoms with Gasteiger partial charge in [-0.15, -0.1) is 0 Å². The van der Waals surface area contributed by atoms with Crippen LogP contribution in [0.1, 0.15) is 6.92 Å². The van der Waals surface area contributed by atoms with Crippen LogP contribution in [0.5, 0.6) is 0 Å². The zero-order valence-electron chi connectivity index (χ0n) is 11.5. The van der Waals surface area contributed by atoms with E-state index in [0.717, 1.165) is 13.1 Å². The fraction of sp³-hybridized carbons (Fsp3) is 0.583. The monoisotopic (exact) mass is 286 g/mol. The molecule has 0 radical (unpaired) electrons. The molecule has 1 aromatic rings. The van der Waals surface area contributed by atoms with Crippen LogP contribution in [0, 0.1) is 0 Å². The molecular weight excluding hydrogens is 264 g/mol. The Morgan fingerprint density at radius 3 is 2.42 bits per heavy atom. The molecule has 0 amide bonds. The molecule has 7 heteroatoms. The van der Waals surface area contributed by atoms with Crippen LogP contribution in [0.15, 0.2) is 29.5 Å². The molecule has 0 spiro atoms. The number of guanidine groups is 1. The highest BCUT2D eigenvalue weighted by Crippen LogP contribution is 1.89. The van der Waals surface area contributed by atoms with Crippen molar-refractivity contribution >= 4 is 15.8 Å². The maximum atomic E-state index is 11.3. The van der Waals surface area contributed by atoms with Crippen molar-refractivity contribution < 1.29 is 8.42 Å². The summed E-state index contributed by atoms with van der Waals surface area (Å²) < 4.78 is 24.7. The Labute approximate surface area is 114 Å². The van der Waals surface area contributed by atoms with E-state index in [1.54, 1.807) is 14.0 Å². The summed E-state index contributed by atoms with van der Waals surface area (Å²) in [4.78, 5) is 4.04. The SMILES string of the molecule is CCS(=O)(=O)CCNC(=NC)NCCn1cccc1. The molecule has 6 nitrogen and oxygen atoms in total. The van der Waals surface area contributed by atoms with E-state index in [2.05, 4.69) is 20.2 Å². The average molecular weight is 286 g/mol. The quantitative estimate of drug-likeness (QED) is 0.550. The van der Waals surface area contributed by atoms with E-state index in [4.69, 9.17) is 0 Å². The number of nitrogens with zero attached hydrogens (tertiary/aromatic N) is 2. The fourth-order valence-electron chi connectivity index (χ4n) is 1.51.